The summed E-state index contributed by atoms with van der Waals surface area (Å²) in [4.78, 5) is 15.4. The molecule has 1 aliphatic rings. The SMILES string of the molecule is C=CCSc1nnc2c(n1)OC(c1cc([N+](=O)[O-])ccc1OCC)Nc1ccccc1-2. The quantitative estimate of drug-likeness (QED) is 0.245. The largest absolute Gasteiger partial charge is 0.493 e. The van der Waals surface area contributed by atoms with E-state index in [1.807, 2.05) is 31.2 Å². The van der Waals surface area contributed by atoms with Gasteiger partial charge in [0, 0.05) is 29.1 Å². The van der Waals surface area contributed by atoms with Crippen molar-refractivity contribution in [2.75, 3.05) is 17.7 Å². The van der Waals surface area contributed by atoms with Gasteiger partial charge in [-0.3, -0.25) is 10.1 Å². The van der Waals surface area contributed by atoms with Gasteiger partial charge in [-0.25, -0.2) is 0 Å². The molecule has 1 unspecified atom stereocenters. The number of aromatic nitrogens is 3. The molecule has 3 aromatic rings. The zero-order chi connectivity index (χ0) is 21.8. The second-order valence-electron chi connectivity index (χ2n) is 6.45. The first-order valence-electron chi connectivity index (χ1n) is 9.52. The molecule has 0 saturated carbocycles. The van der Waals surface area contributed by atoms with E-state index in [4.69, 9.17) is 9.47 Å². The number of para-hydroxylation sites is 1. The number of anilines is 1. The number of non-ortho nitro benzene ring substituents is 1. The number of hydrogen-bond acceptors (Lipinski definition) is 9. The number of nitrogens with one attached hydrogen (secondary N) is 1. The van der Waals surface area contributed by atoms with E-state index in [2.05, 4.69) is 27.1 Å². The van der Waals surface area contributed by atoms with Gasteiger partial charge in [-0.05, 0) is 19.1 Å². The highest BCUT2D eigenvalue weighted by Crippen LogP contribution is 2.41. The molecule has 0 fully saturated rings. The number of fused-ring (bicyclic) bond motifs is 3. The first kappa shape index (κ1) is 20.6. The standard InChI is InChI=1S/C21H19N5O4S/c1-3-11-31-21-23-20-18(24-25-21)14-7-5-6-8-16(14)22-19(30-20)15-12-13(26(27)28)9-10-17(15)29-4-2/h3,5-10,12,19,22H,1,4,11H2,2H3. The van der Waals surface area contributed by atoms with Gasteiger partial charge >= 0.3 is 0 Å². The van der Waals surface area contributed by atoms with Gasteiger partial charge in [0.15, 0.2) is 5.69 Å². The summed E-state index contributed by atoms with van der Waals surface area (Å²) in [6.45, 7) is 5.95. The number of benzene rings is 2. The minimum Gasteiger partial charge on any atom is -0.493 e. The molecule has 0 radical (unpaired) electrons. The Morgan fingerprint density at radius 1 is 1.32 bits per heavy atom. The molecule has 1 aliphatic heterocycles. The lowest BCUT2D eigenvalue weighted by molar-refractivity contribution is -0.385. The van der Waals surface area contributed by atoms with Crippen LogP contribution in [0.3, 0.4) is 0 Å². The Morgan fingerprint density at radius 2 is 2.16 bits per heavy atom. The van der Waals surface area contributed by atoms with Crippen molar-refractivity contribution < 1.29 is 14.4 Å². The van der Waals surface area contributed by atoms with Crippen LogP contribution >= 0.6 is 11.8 Å². The molecule has 0 aliphatic carbocycles. The van der Waals surface area contributed by atoms with Crippen LogP contribution < -0.4 is 14.8 Å². The summed E-state index contributed by atoms with van der Waals surface area (Å²) in [7, 11) is 0. The first-order valence-corrected chi connectivity index (χ1v) is 10.5. The van der Waals surface area contributed by atoms with Crippen molar-refractivity contribution in [1.29, 1.82) is 0 Å². The van der Waals surface area contributed by atoms with Crippen molar-refractivity contribution in [3.8, 4) is 22.9 Å². The second kappa shape index (κ2) is 9.00. The molecule has 1 N–H and O–H groups in total. The Morgan fingerprint density at radius 3 is 2.94 bits per heavy atom. The van der Waals surface area contributed by atoms with E-state index < -0.39 is 11.2 Å². The molecule has 2 aromatic carbocycles. The molecule has 10 heteroatoms. The van der Waals surface area contributed by atoms with Crippen LogP contribution in [0.25, 0.3) is 11.3 Å². The zero-order valence-electron chi connectivity index (χ0n) is 16.6. The highest BCUT2D eigenvalue weighted by molar-refractivity contribution is 7.99. The Bertz CT molecular complexity index is 1140. The van der Waals surface area contributed by atoms with E-state index in [0.29, 0.717) is 34.5 Å². The smallest absolute Gasteiger partial charge is 0.270 e. The highest BCUT2D eigenvalue weighted by atomic mass is 32.2. The summed E-state index contributed by atoms with van der Waals surface area (Å²) >= 11 is 1.38. The number of nitro benzene ring substituents is 1. The summed E-state index contributed by atoms with van der Waals surface area (Å²) in [5.74, 6) is 1.38. The molecule has 2 heterocycles. The molecule has 0 spiro atoms. The lowest BCUT2D eigenvalue weighted by Gasteiger charge is -2.21. The van der Waals surface area contributed by atoms with Gasteiger partial charge < -0.3 is 14.8 Å². The van der Waals surface area contributed by atoms with E-state index >= 15 is 0 Å². The van der Waals surface area contributed by atoms with Gasteiger partial charge in [-0.15, -0.1) is 16.8 Å². The summed E-state index contributed by atoms with van der Waals surface area (Å²) in [5, 5.41) is 23.6. The number of rotatable bonds is 7. The Labute approximate surface area is 182 Å². The number of thioether (sulfide) groups is 1. The lowest BCUT2D eigenvalue weighted by atomic mass is 10.1. The molecule has 0 bridgehead atoms. The minimum absolute atomic E-state index is 0.0651. The summed E-state index contributed by atoms with van der Waals surface area (Å²) in [6.07, 6.45) is 0.954. The predicted octanol–water partition coefficient (Wildman–Crippen LogP) is 4.63. The van der Waals surface area contributed by atoms with Crippen molar-refractivity contribution in [3.05, 3.63) is 70.8 Å². The first-order chi connectivity index (χ1) is 15.1. The number of nitrogens with zero attached hydrogens (tertiary/aromatic N) is 4. The van der Waals surface area contributed by atoms with Crippen molar-refractivity contribution >= 4 is 23.1 Å². The lowest BCUT2D eigenvalue weighted by Crippen LogP contribution is -2.18. The molecule has 9 nitrogen and oxygen atoms in total. The molecule has 1 aromatic heterocycles. The van der Waals surface area contributed by atoms with Gasteiger partial charge in [0.1, 0.15) is 5.75 Å². The summed E-state index contributed by atoms with van der Waals surface area (Å²) in [6, 6.07) is 11.9. The maximum absolute atomic E-state index is 11.4. The maximum atomic E-state index is 11.4. The Hall–Kier alpha value is -3.66. The van der Waals surface area contributed by atoms with Crippen LogP contribution in [-0.4, -0.2) is 32.5 Å². The van der Waals surface area contributed by atoms with Gasteiger partial charge in [0.2, 0.25) is 17.3 Å². The van der Waals surface area contributed by atoms with Crippen molar-refractivity contribution in [1.82, 2.24) is 15.2 Å². The monoisotopic (exact) mass is 437 g/mol. The highest BCUT2D eigenvalue weighted by Gasteiger charge is 2.29. The minimum atomic E-state index is -0.794. The van der Waals surface area contributed by atoms with Crippen molar-refractivity contribution in [2.45, 2.75) is 18.3 Å². The third-order valence-corrected chi connectivity index (χ3v) is 5.28. The second-order valence-corrected chi connectivity index (χ2v) is 7.44. The molecule has 4 rings (SSSR count). The third kappa shape index (κ3) is 4.29. The molecular formula is C21H19N5O4S. The normalized spacial score (nSPS) is 14.3. The predicted molar refractivity (Wildman–Crippen MR) is 117 cm³/mol. The third-order valence-electron chi connectivity index (χ3n) is 4.45. The number of ether oxygens (including phenoxy) is 2. The van der Waals surface area contributed by atoms with Crippen LogP contribution in [0.2, 0.25) is 0 Å². The van der Waals surface area contributed by atoms with E-state index in [-0.39, 0.29) is 11.6 Å². The van der Waals surface area contributed by atoms with Gasteiger partial charge in [-0.1, -0.05) is 36.0 Å². The van der Waals surface area contributed by atoms with Crippen LogP contribution in [-0.2, 0) is 0 Å². The molecular weight excluding hydrogens is 418 g/mol. The number of hydrogen-bond donors (Lipinski definition) is 1. The molecule has 31 heavy (non-hydrogen) atoms. The zero-order valence-corrected chi connectivity index (χ0v) is 17.5. The van der Waals surface area contributed by atoms with Crippen LogP contribution in [0.4, 0.5) is 11.4 Å². The van der Waals surface area contributed by atoms with E-state index in [9.17, 15) is 10.1 Å². The van der Waals surface area contributed by atoms with E-state index in [0.717, 1.165) is 11.3 Å². The van der Waals surface area contributed by atoms with Crippen LogP contribution in [0.15, 0.2) is 60.3 Å². The van der Waals surface area contributed by atoms with E-state index in [1.54, 1.807) is 12.1 Å². The Kier molecular flexibility index (Phi) is 5.99. The van der Waals surface area contributed by atoms with Gasteiger partial charge in [-0.2, -0.15) is 4.98 Å². The number of nitro groups is 1. The molecule has 158 valence electrons. The van der Waals surface area contributed by atoms with Crippen LogP contribution in [0.1, 0.15) is 18.7 Å². The molecule has 0 amide bonds. The summed E-state index contributed by atoms with van der Waals surface area (Å²) < 4.78 is 11.9. The fraction of sp³-hybridized carbons (Fsp3) is 0.190. The fourth-order valence-corrected chi connectivity index (χ4v) is 3.64. The summed E-state index contributed by atoms with van der Waals surface area (Å²) in [5.41, 5.74) is 2.41. The van der Waals surface area contributed by atoms with Gasteiger partial charge in [0.25, 0.3) is 5.69 Å². The van der Waals surface area contributed by atoms with Crippen LogP contribution in [0, 0.1) is 10.1 Å². The maximum Gasteiger partial charge on any atom is 0.270 e. The van der Waals surface area contributed by atoms with E-state index in [1.165, 1.54) is 23.9 Å². The average molecular weight is 437 g/mol. The molecule has 0 saturated heterocycles. The average Bonchev–Trinajstić information content (AvgIpc) is 2.94. The topological polar surface area (TPSA) is 112 Å². The molecule has 1 atom stereocenters. The van der Waals surface area contributed by atoms with Crippen LogP contribution in [0.5, 0.6) is 11.6 Å². The fourth-order valence-electron chi connectivity index (χ4n) is 3.12. The van der Waals surface area contributed by atoms with Crippen molar-refractivity contribution in [3.63, 3.8) is 0 Å². The Balaban J connectivity index is 1.84. The van der Waals surface area contributed by atoms with Gasteiger partial charge in [0.05, 0.1) is 17.1 Å². The van der Waals surface area contributed by atoms with Crippen molar-refractivity contribution in [2.24, 2.45) is 0 Å².